The maximum absolute atomic E-state index is 5.25. The Hall–Kier alpha value is -5.09. The van der Waals surface area contributed by atoms with Gasteiger partial charge in [-0.3, -0.25) is 9.55 Å². The van der Waals surface area contributed by atoms with Crippen LogP contribution in [0, 0.1) is 0 Å². The molecule has 4 heteroatoms. The highest BCUT2D eigenvalue weighted by atomic mass is 15.1. The lowest BCUT2D eigenvalue weighted by Crippen LogP contribution is -2.13. The van der Waals surface area contributed by atoms with Crippen LogP contribution in [0.5, 0.6) is 0 Å². The van der Waals surface area contributed by atoms with Gasteiger partial charge in [-0.05, 0) is 64.7 Å². The molecule has 7 rings (SSSR count). The van der Waals surface area contributed by atoms with E-state index in [-0.39, 0.29) is 0 Å². The van der Waals surface area contributed by atoms with Crippen molar-refractivity contribution in [3.63, 3.8) is 0 Å². The van der Waals surface area contributed by atoms with Crippen LogP contribution in [0.15, 0.2) is 132 Å². The molecule has 0 fully saturated rings. The fraction of sp³-hybridized carbons (Fsp3) is 0.0833. The Morgan fingerprint density at radius 2 is 1.38 bits per heavy atom. The second kappa shape index (κ2) is 9.90. The summed E-state index contributed by atoms with van der Waals surface area (Å²) in [5.74, 6) is 1.49. The van der Waals surface area contributed by atoms with Crippen LogP contribution in [0.1, 0.15) is 25.1 Å². The number of nitrogens with zero attached hydrogens (tertiary/aromatic N) is 4. The number of aromatic nitrogens is 3. The predicted molar refractivity (Wildman–Crippen MR) is 168 cm³/mol. The lowest BCUT2D eigenvalue weighted by molar-refractivity contribution is 1.02. The van der Waals surface area contributed by atoms with Crippen molar-refractivity contribution in [2.45, 2.75) is 20.3 Å². The minimum atomic E-state index is 0.638. The largest absolute Gasteiger partial charge is 0.293 e. The van der Waals surface area contributed by atoms with E-state index in [2.05, 4.69) is 128 Å². The average Bonchev–Trinajstić information content (AvgIpc) is 3.32. The molecular formula is C36H28N4. The van der Waals surface area contributed by atoms with Crippen molar-refractivity contribution in [1.29, 1.82) is 0 Å². The first-order valence-corrected chi connectivity index (χ1v) is 13.6. The van der Waals surface area contributed by atoms with Gasteiger partial charge >= 0.3 is 0 Å². The van der Waals surface area contributed by atoms with Crippen LogP contribution in [-0.2, 0) is 6.42 Å². The molecule has 0 N–H and O–H groups in total. The Balaban J connectivity index is 1.43. The molecule has 0 bridgehead atoms. The topological polar surface area (TPSA) is 43.1 Å². The molecule has 0 atom stereocenters. The number of fused-ring (bicyclic) bond motifs is 5. The van der Waals surface area contributed by atoms with Crippen LogP contribution in [0.4, 0.5) is 5.82 Å². The van der Waals surface area contributed by atoms with Crippen molar-refractivity contribution in [3.8, 4) is 0 Å². The van der Waals surface area contributed by atoms with Crippen molar-refractivity contribution < 1.29 is 0 Å². The second-order valence-corrected chi connectivity index (χ2v) is 10.2. The van der Waals surface area contributed by atoms with Crippen LogP contribution in [-0.4, -0.2) is 20.4 Å². The van der Waals surface area contributed by atoms with Gasteiger partial charge in [-0.1, -0.05) is 91.0 Å². The molecule has 192 valence electrons. The zero-order valence-corrected chi connectivity index (χ0v) is 22.5. The lowest BCUT2D eigenvalue weighted by atomic mass is 10.0. The van der Waals surface area contributed by atoms with Crippen molar-refractivity contribution >= 4 is 55.0 Å². The van der Waals surface area contributed by atoms with Gasteiger partial charge < -0.3 is 0 Å². The summed E-state index contributed by atoms with van der Waals surface area (Å²) in [6.45, 7) is 4.17. The van der Waals surface area contributed by atoms with Gasteiger partial charge in [0.05, 0.1) is 16.7 Å². The van der Waals surface area contributed by atoms with E-state index in [4.69, 9.17) is 15.0 Å². The van der Waals surface area contributed by atoms with Gasteiger partial charge in [0, 0.05) is 29.6 Å². The van der Waals surface area contributed by atoms with Gasteiger partial charge in [-0.2, -0.15) is 0 Å². The molecule has 2 heterocycles. The Bertz CT molecular complexity index is 2110. The maximum atomic E-state index is 5.25. The van der Waals surface area contributed by atoms with Crippen LogP contribution in [0.25, 0.3) is 43.4 Å². The molecule has 2 aromatic heterocycles. The fourth-order valence-electron chi connectivity index (χ4n) is 5.55. The Kier molecular flexibility index (Phi) is 5.94. The summed E-state index contributed by atoms with van der Waals surface area (Å²) in [6.07, 6.45) is 6.24. The number of benzene rings is 5. The van der Waals surface area contributed by atoms with Gasteiger partial charge in [-0.15, -0.1) is 0 Å². The first-order chi connectivity index (χ1) is 19.7. The minimum Gasteiger partial charge on any atom is -0.293 e. The van der Waals surface area contributed by atoms with E-state index in [9.17, 15) is 0 Å². The van der Waals surface area contributed by atoms with Crippen LogP contribution >= 0.6 is 0 Å². The highest BCUT2D eigenvalue weighted by Crippen LogP contribution is 2.34. The molecule has 0 amide bonds. The zero-order valence-electron chi connectivity index (χ0n) is 22.5. The number of allylic oxidation sites excluding steroid dienone is 2. The number of hydrogen-bond donors (Lipinski definition) is 0. The fourth-order valence-corrected chi connectivity index (χ4v) is 5.55. The van der Waals surface area contributed by atoms with E-state index in [0.29, 0.717) is 12.2 Å². The third kappa shape index (κ3) is 4.15. The molecule has 0 saturated heterocycles. The molecule has 40 heavy (non-hydrogen) atoms. The number of hydrogen-bond acceptors (Lipinski definition) is 3. The van der Waals surface area contributed by atoms with Crippen molar-refractivity contribution in [1.82, 2.24) is 14.5 Å². The molecule has 0 saturated carbocycles. The van der Waals surface area contributed by atoms with E-state index in [1.807, 2.05) is 0 Å². The van der Waals surface area contributed by atoms with Crippen LogP contribution in [0.3, 0.4) is 0 Å². The van der Waals surface area contributed by atoms with E-state index in [1.165, 1.54) is 37.9 Å². The summed E-state index contributed by atoms with van der Waals surface area (Å²) in [7, 11) is 0. The first-order valence-electron chi connectivity index (χ1n) is 13.6. The van der Waals surface area contributed by atoms with Crippen LogP contribution in [0.2, 0.25) is 0 Å². The van der Waals surface area contributed by atoms with Gasteiger partial charge in [0.2, 0.25) is 0 Å². The Morgan fingerprint density at radius 1 is 0.700 bits per heavy atom. The maximum Gasteiger partial charge on any atom is 0.176 e. The lowest BCUT2D eigenvalue weighted by Gasteiger charge is -2.13. The molecular weight excluding hydrogens is 488 g/mol. The number of rotatable bonds is 4. The predicted octanol–water partition coefficient (Wildman–Crippen LogP) is 9.03. The standard InChI is InChI=1S/C36H28N4/c1-3-24(2)36(39-35-32(37-18-19-38-35)21-25-16-17-26-10-4-5-11-27(26)20-25)40-33-15-9-8-14-30(33)31-22-28-12-6-7-13-29(28)23-34(31)40/h3-20,22-23H,21H2,1-2H3/b24-3-,39-36?. The van der Waals surface area contributed by atoms with Crippen molar-refractivity contribution in [2.75, 3.05) is 0 Å². The summed E-state index contributed by atoms with van der Waals surface area (Å²) >= 11 is 0. The Morgan fingerprint density at radius 3 is 2.17 bits per heavy atom. The van der Waals surface area contributed by atoms with Crippen LogP contribution < -0.4 is 0 Å². The summed E-state index contributed by atoms with van der Waals surface area (Å²) in [5.41, 5.74) is 5.35. The SMILES string of the molecule is C/C=C(/C)C(=Nc1nccnc1Cc1ccc2ccccc2c1)n1c2ccccc2c2cc3ccccc3cc21. The summed E-state index contributed by atoms with van der Waals surface area (Å²) in [4.78, 5) is 14.7. The summed E-state index contributed by atoms with van der Waals surface area (Å²) < 4.78 is 2.28. The zero-order chi connectivity index (χ0) is 27.1. The Labute approximate surface area is 233 Å². The van der Waals surface area contributed by atoms with Gasteiger partial charge in [0.1, 0.15) is 5.84 Å². The van der Waals surface area contributed by atoms with Gasteiger partial charge in [0.25, 0.3) is 0 Å². The minimum absolute atomic E-state index is 0.638. The molecule has 5 aromatic carbocycles. The van der Waals surface area contributed by atoms with Gasteiger partial charge in [0.15, 0.2) is 5.82 Å². The monoisotopic (exact) mass is 516 g/mol. The molecule has 0 aliphatic carbocycles. The normalized spacial score (nSPS) is 12.7. The van der Waals surface area contributed by atoms with E-state index in [1.54, 1.807) is 12.4 Å². The number of para-hydroxylation sites is 1. The molecule has 4 nitrogen and oxygen atoms in total. The van der Waals surface area contributed by atoms with Gasteiger partial charge in [-0.25, -0.2) is 9.98 Å². The molecule has 0 unspecified atom stereocenters. The molecule has 7 aromatic rings. The van der Waals surface area contributed by atoms with E-state index < -0.39 is 0 Å². The quantitative estimate of drug-likeness (QED) is 0.173. The molecule has 0 aliphatic rings. The van der Waals surface area contributed by atoms with E-state index >= 15 is 0 Å². The first kappa shape index (κ1) is 24.0. The van der Waals surface area contributed by atoms with Crippen molar-refractivity contribution in [3.05, 3.63) is 138 Å². The van der Waals surface area contributed by atoms with Crippen molar-refractivity contribution in [2.24, 2.45) is 4.99 Å². The summed E-state index contributed by atoms with van der Waals surface area (Å²) in [6, 6.07) is 36.6. The molecule has 0 spiro atoms. The third-order valence-electron chi connectivity index (χ3n) is 7.69. The summed E-state index contributed by atoms with van der Waals surface area (Å²) in [5, 5.41) is 7.29. The third-order valence-corrected chi connectivity index (χ3v) is 7.69. The number of aliphatic imine (C=N–C) groups is 1. The molecule has 0 radical (unpaired) electrons. The highest BCUT2D eigenvalue weighted by molar-refractivity contribution is 6.20. The molecule has 0 aliphatic heterocycles. The smallest absolute Gasteiger partial charge is 0.176 e. The highest BCUT2D eigenvalue weighted by Gasteiger charge is 2.18. The average molecular weight is 517 g/mol. The second-order valence-electron chi connectivity index (χ2n) is 10.2. The van der Waals surface area contributed by atoms with E-state index in [0.717, 1.165) is 28.1 Å².